The van der Waals surface area contributed by atoms with Crippen molar-refractivity contribution in [1.29, 1.82) is 0 Å². The summed E-state index contributed by atoms with van der Waals surface area (Å²) in [6.07, 6.45) is -0.567. The molecule has 2 unspecified atom stereocenters. The third-order valence-corrected chi connectivity index (χ3v) is 6.95. The summed E-state index contributed by atoms with van der Waals surface area (Å²) in [5, 5.41) is 33.6. The number of rotatable bonds is 17. The Morgan fingerprint density at radius 2 is 1.46 bits per heavy atom. The van der Waals surface area contributed by atoms with Crippen molar-refractivity contribution in [3.63, 3.8) is 0 Å². The van der Waals surface area contributed by atoms with Gasteiger partial charge in [-0.25, -0.2) is 0 Å². The van der Waals surface area contributed by atoms with Gasteiger partial charge >= 0.3 is 122 Å². The molecule has 0 fully saturated rings. The molecule has 0 aliphatic rings. The Kier molecular flexibility index (Phi) is 15.0. The molecule has 0 aromatic heterocycles. The van der Waals surface area contributed by atoms with E-state index in [9.17, 15) is 5.11 Å². The molecule has 24 heavy (non-hydrogen) atoms. The minimum absolute atomic E-state index is 0.250. The Labute approximate surface area is 145 Å². The Balaban J connectivity index is 3.51. The van der Waals surface area contributed by atoms with Crippen LogP contribution < -0.4 is 10.6 Å². The summed E-state index contributed by atoms with van der Waals surface area (Å²) in [6, 6.07) is 0.691. The molecule has 0 bridgehead atoms. The maximum absolute atomic E-state index is 9.79. The first-order valence-corrected chi connectivity index (χ1v) is 10.5. The second-order valence-electron chi connectivity index (χ2n) is 5.61. The van der Waals surface area contributed by atoms with Crippen molar-refractivity contribution in [2.75, 3.05) is 67.3 Å². The molecule has 0 heterocycles. The molecule has 0 aliphatic carbocycles. The van der Waals surface area contributed by atoms with Gasteiger partial charge in [0.1, 0.15) is 0 Å². The van der Waals surface area contributed by atoms with Crippen molar-refractivity contribution in [1.82, 2.24) is 10.6 Å². The zero-order chi connectivity index (χ0) is 18.3. The first-order valence-electron chi connectivity index (χ1n) is 8.30. The van der Waals surface area contributed by atoms with Crippen LogP contribution in [0.5, 0.6) is 0 Å². The average Bonchev–Trinajstić information content (AvgIpc) is 2.61. The van der Waals surface area contributed by atoms with E-state index in [1.807, 2.05) is 0 Å². The summed E-state index contributed by atoms with van der Waals surface area (Å²) in [5.74, 6) is 0. The van der Waals surface area contributed by atoms with Gasteiger partial charge in [-0.2, -0.15) is 0 Å². The van der Waals surface area contributed by atoms with E-state index in [4.69, 9.17) is 28.2 Å². The standard InChI is InChI=1S/C14H35N2O7Si/c1-20-24(21-2,22-3)8-4-7-23-12-14(19)10-16-6-5-15-9-13(18)11-17/h13-19,24H,4-12H2,1-3H3/q-1. The van der Waals surface area contributed by atoms with Crippen LogP contribution in [0.25, 0.3) is 0 Å². The zero-order valence-corrected chi connectivity index (χ0v) is 16.2. The van der Waals surface area contributed by atoms with Gasteiger partial charge in [0, 0.05) is 0 Å². The molecule has 0 saturated heterocycles. The molecular weight excluding hydrogens is 336 g/mol. The second kappa shape index (κ2) is 15.1. The molecule has 0 aromatic rings. The number of hydrogen-bond acceptors (Lipinski definition) is 9. The zero-order valence-electron chi connectivity index (χ0n) is 15.1. The first-order chi connectivity index (χ1) is 11.5. The van der Waals surface area contributed by atoms with Gasteiger partial charge in [-0.15, -0.1) is 0 Å². The molecule has 0 rings (SSSR count). The minimum atomic E-state index is -2.83. The van der Waals surface area contributed by atoms with Crippen LogP contribution in [0, 0.1) is 0 Å². The van der Waals surface area contributed by atoms with E-state index in [1.54, 1.807) is 21.3 Å². The van der Waals surface area contributed by atoms with Crippen molar-refractivity contribution < 1.29 is 33.3 Å². The Morgan fingerprint density at radius 3 is 1.96 bits per heavy atom. The summed E-state index contributed by atoms with van der Waals surface area (Å²) < 4.78 is 21.5. The monoisotopic (exact) mass is 371 g/mol. The van der Waals surface area contributed by atoms with Crippen molar-refractivity contribution in [3.8, 4) is 0 Å². The van der Waals surface area contributed by atoms with Gasteiger partial charge in [0.15, 0.2) is 0 Å². The van der Waals surface area contributed by atoms with Crippen LogP contribution in [-0.4, -0.2) is 104 Å². The Bertz CT molecular complexity index is 278. The molecule has 10 heteroatoms. The van der Waals surface area contributed by atoms with E-state index >= 15 is 0 Å². The van der Waals surface area contributed by atoms with Gasteiger partial charge in [-0.05, 0) is 0 Å². The summed E-state index contributed by atoms with van der Waals surface area (Å²) in [4.78, 5) is 0. The average molecular weight is 372 g/mol. The number of nitrogens with one attached hydrogen (secondary N) is 2. The fourth-order valence-electron chi connectivity index (χ4n) is 2.13. The molecule has 0 aliphatic heterocycles. The van der Waals surface area contributed by atoms with E-state index in [0.29, 0.717) is 38.8 Å². The number of aliphatic hydroxyl groups excluding tert-OH is 3. The van der Waals surface area contributed by atoms with Crippen LogP contribution in [0.3, 0.4) is 0 Å². The topological polar surface area (TPSA) is 122 Å². The molecule has 0 saturated carbocycles. The van der Waals surface area contributed by atoms with Gasteiger partial charge < -0.3 is 10.2 Å². The first kappa shape index (κ1) is 23.9. The number of ether oxygens (including phenoxy) is 1. The number of aliphatic hydroxyl groups is 3. The molecule has 0 spiro atoms. The van der Waals surface area contributed by atoms with E-state index in [2.05, 4.69) is 10.6 Å². The molecule has 0 amide bonds. The van der Waals surface area contributed by atoms with Gasteiger partial charge in [0.2, 0.25) is 0 Å². The molecule has 0 aromatic carbocycles. The van der Waals surface area contributed by atoms with E-state index < -0.39 is 21.0 Å². The van der Waals surface area contributed by atoms with Crippen LogP contribution in [0.2, 0.25) is 6.04 Å². The van der Waals surface area contributed by atoms with Crippen LogP contribution in [-0.2, 0) is 18.0 Å². The van der Waals surface area contributed by atoms with Crippen molar-refractivity contribution >= 4 is 8.80 Å². The summed E-state index contributed by atoms with van der Waals surface area (Å²) in [7, 11) is 1.94. The van der Waals surface area contributed by atoms with Crippen LogP contribution >= 0.6 is 0 Å². The summed E-state index contributed by atoms with van der Waals surface area (Å²) in [5.41, 5.74) is 0. The van der Waals surface area contributed by atoms with Crippen LogP contribution in [0.4, 0.5) is 0 Å². The van der Waals surface area contributed by atoms with E-state index in [1.165, 1.54) is 0 Å². The normalized spacial score (nSPS) is 15.4. The fraction of sp³-hybridized carbons (Fsp3) is 1.00. The van der Waals surface area contributed by atoms with Crippen molar-refractivity contribution in [2.24, 2.45) is 0 Å². The van der Waals surface area contributed by atoms with Gasteiger partial charge in [-0.3, -0.25) is 0 Å². The molecular formula is C14H35N2O7Si-. The number of hydrogen-bond donors (Lipinski definition) is 5. The third-order valence-electron chi connectivity index (χ3n) is 3.68. The van der Waals surface area contributed by atoms with E-state index in [-0.39, 0.29) is 13.2 Å². The van der Waals surface area contributed by atoms with Crippen molar-refractivity contribution in [2.45, 2.75) is 24.7 Å². The van der Waals surface area contributed by atoms with Gasteiger partial charge in [0.25, 0.3) is 0 Å². The van der Waals surface area contributed by atoms with Crippen LogP contribution in [0.1, 0.15) is 6.42 Å². The van der Waals surface area contributed by atoms with Gasteiger partial charge in [-0.1, -0.05) is 0 Å². The maximum atomic E-state index is 9.79. The predicted octanol–water partition coefficient (Wildman–Crippen LogP) is -2.10. The SMILES string of the molecule is CO[SiH-](CCCOCC(O)CNCCNCC(O)CO)(OC)OC. The summed E-state index contributed by atoms with van der Waals surface area (Å²) in [6.45, 7) is 2.59. The van der Waals surface area contributed by atoms with Gasteiger partial charge in [0.05, 0.1) is 12.7 Å². The van der Waals surface area contributed by atoms with Crippen molar-refractivity contribution in [3.05, 3.63) is 0 Å². The molecule has 2 atom stereocenters. The Morgan fingerprint density at radius 1 is 0.917 bits per heavy atom. The summed E-state index contributed by atoms with van der Waals surface area (Å²) >= 11 is 0. The van der Waals surface area contributed by atoms with E-state index in [0.717, 1.165) is 6.42 Å². The Hall–Kier alpha value is -0.143. The van der Waals surface area contributed by atoms with Crippen LogP contribution in [0.15, 0.2) is 0 Å². The molecule has 0 radical (unpaired) electrons. The fourth-order valence-corrected chi connectivity index (χ4v) is 4.09. The quantitative estimate of drug-likeness (QED) is 0.144. The third kappa shape index (κ3) is 11.4. The second-order valence-corrected chi connectivity index (χ2v) is 9.18. The molecule has 5 N–H and O–H groups in total. The predicted molar refractivity (Wildman–Crippen MR) is 93.3 cm³/mol. The molecule has 9 nitrogen and oxygen atoms in total. The molecule has 148 valence electrons.